The molecule has 0 radical (unpaired) electrons. The van der Waals surface area contributed by atoms with Crippen LogP contribution in [0.2, 0.25) is 0 Å². The fourth-order valence-corrected chi connectivity index (χ4v) is 1.76. The van der Waals surface area contributed by atoms with E-state index in [2.05, 4.69) is 13.2 Å². The predicted octanol–water partition coefficient (Wildman–Crippen LogP) is 3.21. The first kappa shape index (κ1) is 14.7. The van der Waals surface area contributed by atoms with Crippen LogP contribution >= 0.6 is 0 Å². The molecule has 0 aromatic heterocycles. The first-order valence-electron chi connectivity index (χ1n) is 6.14. The average Bonchev–Trinajstić information content (AvgIpc) is 2.45. The fourth-order valence-electron chi connectivity index (χ4n) is 1.76. The van der Waals surface area contributed by atoms with Crippen molar-refractivity contribution in [1.29, 1.82) is 5.26 Å². The van der Waals surface area contributed by atoms with E-state index >= 15 is 0 Å². The quantitative estimate of drug-likeness (QED) is 0.554. The maximum atomic E-state index is 12.0. The van der Waals surface area contributed by atoms with Gasteiger partial charge >= 0.3 is 0 Å². The standard InChI is InChI=1S/C16H18N2O/c1-4-9-18(10-5-2)15-8-6-7-14(11-15)16(19)13(3)12-17/h4-8,11,13H,1-2,9-10H2,3H3. The summed E-state index contributed by atoms with van der Waals surface area (Å²) in [5, 5.41) is 8.81. The Kier molecular flexibility index (Phi) is 5.56. The normalized spacial score (nSPS) is 11.2. The lowest BCUT2D eigenvalue weighted by Gasteiger charge is -2.22. The highest BCUT2D eigenvalue weighted by molar-refractivity contribution is 5.99. The maximum absolute atomic E-state index is 12.0. The molecule has 1 aromatic rings. The van der Waals surface area contributed by atoms with Crippen LogP contribution in [0.4, 0.5) is 5.69 Å². The molecular formula is C16H18N2O. The summed E-state index contributed by atoms with van der Waals surface area (Å²) >= 11 is 0. The zero-order valence-corrected chi connectivity index (χ0v) is 11.2. The van der Waals surface area contributed by atoms with Crippen molar-refractivity contribution in [3.05, 3.63) is 55.1 Å². The summed E-state index contributed by atoms with van der Waals surface area (Å²) < 4.78 is 0. The summed E-state index contributed by atoms with van der Waals surface area (Å²) in [6.07, 6.45) is 3.60. The average molecular weight is 254 g/mol. The van der Waals surface area contributed by atoms with Crippen molar-refractivity contribution in [2.45, 2.75) is 6.92 Å². The summed E-state index contributed by atoms with van der Waals surface area (Å²) in [7, 11) is 0. The SMILES string of the molecule is C=CCN(CC=C)c1cccc(C(=O)C(C)C#N)c1. The zero-order chi connectivity index (χ0) is 14.3. The number of hydrogen-bond donors (Lipinski definition) is 0. The van der Waals surface area contributed by atoms with E-state index in [0.717, 1.165) is 5.69 Å². The number of rotatable bonds is 7. The van der Waals surface area contributed by atoms with Gasteiger partial charge in [0, 0.05) is 24.3 Å². The molecule has 0 aliphatic heterocycles. The van der Waals surface area contributed by atoms with Crippen molar-refractivity contribution in [2.24, 2.45) is 5.92 Å². The van der Waals surface area contributed by atoms with E-state index in [4.69, 9.17) is 5.26 Å². The molecule has 0 saturated heterocycles. The van der Waals surface area contributed by atoms with Gasteiger partial charge in [-0.15, -0.1) is 13.2 Å². The summed E-state index contributed by atoms with van der Waals surface area (Å²) in [6.45, 7) is 10.4. The lowest BCUT2D eigenvalue weighted by atomic mass is 10.00. The molecule has 0 bridgehead atoms. The Morgan fingerprint density at radius 2 is 2.05 bits per heavy atom. The van der Waals surface area contributed by atoms with E-state index in [1.807, 2.05) is 29.2 Å². The van der Waals surface area contributed by atoms with E-state index in [0.29, 0.717) is 18.7 Å². The molecule has 0 N–H and O–H groups in total. The van der Waals surface area contributed by atoms with E-state index in [1.165, 1.54) is 0 Å². The first-order chi connectivity index (χ1) is 9.13. The van der Waals surface area contributed by atoms with Crippen LogP contribution in [0.15, 0.2) is 49.6 Å². The Hall–Kier alpha value is -2.34. The van der Waals surface area contributed by atoms with Gasteiger partial charge < -0.3 is 4.90 Å². The van der Waals surface area contributed by atoms with Crippen molar-refractivity contribution >= 4 is 11.5 Å². The van der Waals surface area contributed by atoms with E-state index < -0.39 is 5.92 Å². The van der Waals surface area contributed by atoms with Crippen molar-refractivity contribution in [3.8, 4) is 6.07 Å². The number of anilines is 1. The third kappa shape index (κ3) is 3.82. The molecule has 3 nitrogen and oxygen atoms in total. The smallest absolute Gasteiger partial charge is 0.179 e. The van der Waals surface area contributed by atoms with Crippen LogP contribution < -0.4 is 4.90 Å². The number of nitrogens with zero attached hydrogens (tertiary/aromatic N) is 2. The lowest BCUT2D eigenvalue weighted by Crippen LogP contribution is -2.23. The van der Waals surface area contributed by atoms with Crippen molar-refractivity contribution in [2.75, 3.05) is 18.0 Å². The maximum Gasteiger partial charge on any atom is 0.179 e. The molecule has 1 rings (SSSR count). The molecule has 0 spiro atoms. The molecule has 0 amide bonds. The van der Waals surface area contributed by atoms with Crippen molar-refractivity contribution in [3.63, 3.8) is 0 Å². The van der Waals surface area contributed by atoms with E-state index in [-0.39, 0.29) is 5.78 Å². The second kappa shape index (κ2) is 7.17. The lowest BCUT2D eigenvalue weighted by molar-refractivity contribution is 0.0956. The highest BCUT2D eigenvalue weighted by Gasteiger charge is 2.15. The summed E-state index contributed by atoms with van der Waals surface area (Å²) in [5.41, 5.74) is 1.49. The third-order valence-electron chi connectivity index (χ3n) is 2.78. The minimum Gasteiger partial charge on any atom is -0.364 e. The monoisotopic (exact) mass is 254 g/mol. The Balaban J connectivity index is 3.04. The Bertz CT molecular complexity index is 504. The first-order valence-corrected chi connectivity index (χ1v) is 6.14. The number of Topliss-reactive ketones (excluding diaryl/α,β-unsaturated/α-hetero) is 1. The second-order valence-electron chi connectivity index (χ2n) is 4.25. The van der Waals surface area contributed by atoms with Crippen molar-refractivity contribution < 1.29 is 4.79 Å². The summed E-state index contributed by atoms with van der Waals surface area (Å²) in [4.78, 5) is 14.0. The van der Waals surface area contributed by atoms with Crippen LogP contribution in [0, 0.1) is 17.2 Å². The van der Waals surface area contributed by atoms with Gasteiger partial charge in [-0.25, -0.2) is 0 Å². The number of carbonyl (C=O) groups is 1. The van der Waals surface area contributed by atoms with E-state index in [9.17, 15) is 4.79 Å². The number of ketones is 1. The second-order valence-corrected chi connectivity index (χ2v) is 4.25. The molecule has 0 fully saturated rings. The molecule has 1 unspecified atom stereocenters. The van der Waals surface area contributed by atoms with Gasteiger partial charge in [0.25, 0.3) is 0 Å². The van der Waals surface area contributed by atoms with Crippen LogP contribution in [0.1, 0.15) is 17.3 Å². The number of hydrogen-bond acceptors (Lipinski definition) is 3. The largest absolute Gasteiger partial charge is 0.364 e. The highest BCUT2D eigenvalue weighted by atomic mass is 16.1. The fraction of sp³-hybridized carbons (Fsp3) is 0.250. The molecule has 0 aliphatic rings. The molecular weight excluding hydrogens is 236 g/mol. The minimum atomic E-state index is -0.623. The van der Waals surface area contributed by atoms with Gasteiger partial charge in [0.15, 0.2) is 5.78 Å². The highest BCUT2D eigenvalue weighted by Crippen LogP contribution is 2.18. The molecule has 19 heavy (non-hydrogen) atoms. The van der Waals surface area contributed by atoms with Crippen LogP contribution in [0.5, 0.6) is 0 Å². The van der Waals surface area contributed by atoms with Gasteiger partial charge in [-0.3, -0.25) is 4.79 Å². The molecule has 0 heterocycles. The Morgan fingerprint density at radius 1 is 1.42 bits per heavy atom. The summed E-state index contributed by atoms with van der Waals surface area (Å²) in [6, 6.07) is 9.27. The topological polar surface area (TPSA) is 44.1 Å². The molecule has 98 valence electrons. The molecule has 1 aromatic carbocycles. The molecule has 3 heteroatoms. The van der Waals surface area contributed by atoms with Gasteiger partial charge in [-0.05, 0) is 19.1 Å². The van der Waals surface area contributed by atoms with Gasteiger partial charge in [0.1, 0.15) is 5.92 Å². The summed E-state index contributed by atoms with van der Waals surface area (Å²) in [5.74, 6) is -0.774. The van der Waals surface area contributed by atoms with Crippen molar-refractivity contribution in [1.82, 2.24) is 0 Å². The molecule has 0 aliphatic carbocycles. The van der Waals surface area contributed by atoms with E-state index in [1.54, 1.807) is 25.1 Å². The number of benzene rings is 1. The molecule has 0 saturated carbocycles. The van der Waals surface area contributed by atoms with Crippen LogP contribution in [0.3, 0.4) is 0 Å². The van der Waals surface area contributed by atoms with Gasteiger partial charge in [0.05, 0.1) is 6.07 Å². The minimum absolute atomic E-state index is 0.151. The van der Waals surface area contributed by atoms with Gasteiger partial charge in [0.2, 0.25) is 0 Å². The van der Waals surface area contributed by atoms with Crippen LogP contribution in [0.25, 0.3) is 0 Å². The third-order valence-corrected chi connectivity index (χ3v) is 2.78. The van der Waals surface area contributed by atoms with Gasteiger partial charge in [-0.2, -0.15) is 5.26 Å². The number of carbonyl (C=O) groups excluding carboxylic acids is 1. The Labute approximate surface area is 114 Å². The van der Waals surface area contributed by atoms with Crippen LogP contribution in [-0.2, 0) is 0 Å². The zero-order valence-electron chi connectivity index (χ0n) is 11.2. The Morgan fingerprint density at radius 3 is 2.58 bits per heavy atom. The predicted molar refractivity (Wildman–Crippen MR) is 78.2 cm³/mol. The number of nitriles is 1. The van der Waals surface area contributed by atoms with Gasteiger partial charge in [-0.1, -0.05) is 24.3 Å². The molecule has 1 atom stereocenters. The van der Waals surface area contributed by atoms with Crippen LogP contribution in [-0.4, -0.2) is 18.9 Å².